The van der Waals surface area contributed by atoms with Gasteiger partial charge in [0.05, 0.1) is 0 Å². The number of para-hydroxylation sites is 2. The zero-order chi connectivity index (χ0) is 34.2. The highest BCUT2D eigenvalue weighted by molar-refractivity contribution is 6.22. The summed E-state index contributed by atoms with van der Waals surface area (Å²) in [5.41, 5.74) is 8.57. The van der Waals surface area contributed by atoms with Gasteiger partial charge in [0, 0.05) is 49.2 Å². The van der Waals surface area contributed by atoms with Crippen LogP contribution in [0.4, 0.5) is 0 Å². The van der Waals surface area contributed by atoms with Crippen LogP contribution in [0.25, 0.3) is 76.5 Å². The van der Waals surface area contributed by atoms with Crippen molar-refractivity contribution in [1.29, 1.82) is 0 Å². The van der Waals surface area contributed by atoms with Crippen LogP contribution in [0.15, 0.2) is 183 Å². The van der Waals surface area contributed by atoms with Gasteiger partial charge in [-0.3, -0.25) is 0 Å². The highest BCUT2D eigenvalue weighted by Gasteiger charge is 2.26. The maximum atomic E-state index is 6.84. The topological polar surface area (TPSA) is 63.0 Å². The van der Waals surface area contributed by atoms with Gasteiger partial charge in [0.2, 0.25) is 0 Å². The number of aliphatic imine (C=N–C) groups is 2. The number of hydrogen-bond donors (Lipinski definition) is 1. The van der Waals surface area contributed by atoms with E-state index in [1.54, 1.807) is 0 Å². The Bertz CT molecular complexity index is 3110. The first-order valence-electron chi connectivity index (χ1n) is 17.5. The fourth-order valence-electron chi connectivity index (χ4n) is 7.89. The van der Waals surface area contributed by atoms with Crippen molar-refractivity contribution in [1.82, 2.24) is 5.32 Å². The number of nitrogens with one attached hydrogen (secondary N) is 1. The van der Waals surface area contributed by atoms with Crippen molar-refractivity contribution in [3.63, 3.8) is 0 Å². The Hall–Kier alpha value is -6.98. The number of hydrogen-bond acceptors (Lipinski definition) is 5. The van der Waals surface area contributed by atoms with Crippen molar-refractivity contribution < 1.29 is 8.83 Å². The number of rotatable bonds is 4. The quantitative estimate of drug-likeness (QED) is 0.203. The molecule has 3 heterocycles. The van der Waals surface area contributed by atoms with Crippen molar-refractivity contribution in [2.45, 2.75) is 6.17 Å². The number of benzene rings is 8. The zero-order valence-electron chi connectivity index (χ0n) is 27.9. The number of amidine groups is 2. The first kappa shape index (κ1) is 28.8. The molecular weight excluding hydrogens is 639 g/mol. The van der Waals surface area contributed by atoms with Gasteiger partial charge in [-0.05, 0) is 46.0 Å². The van der Waals surface area contributed by atoms with E-state index in [1.807, 2.05) is 30.3 Å². The van der Waals surface area contributed by atoms with E-state index in [0.29, 0.717) is 5.84 Å². The highest BCUT2D eigenvalue weighted by Crippen LogP contribution is 2.44. The molecule has 0 bridgehead atoms. The lowest BCUT2D eigenvalue weighted by molar-refractivity contribution is 0.663. The van der Waals surface area contributed by atoms with Crippen molar-refractivity contribution >= 4 is 77.1 Å². The lowest BCUT2D eigenvalue weighted by atomic mass is 9.93. The second-order valence-electron chi connectivity index (χ2n) is 13.3. The summed E-state index contributed by atoms with van der Waals surface area (Å²) in [7, 11) is 0. The van der Waals surface area contributed by atoms with E-state index in [0.717, 1.165) is 93.7 Å². The summed E-state index contributed by atoms with van der Waals surface area (Å²) in [5, 5.41) is 12.5. The molecule has 10 aromatic rings. The minimum atomic E-state index is -0.406. The second kappa shape index (κ2) is 11.3. The molecule has 11 rings (SSSR count). The second-order valence-corrected chi connectivity index (χ2v) is 13.3. The molecule has 8 aromatic carbocycles. The predicted molar refractivity (Wildman–Crippen MR) is 213 cm³/mol. The van der Waals surface area contributed by atoms with Crippen LogP contribution in [0.1, 0.15) is 22.9 Å². The maximum absolute atomic E-state index is 6.84. The van der Waals surface area contributed by atoms with Crippen LogP contribution in [-0.4, -0.2) is 11.7 Å². The Balaban J connectivity index is 1.12. The van der Waals surface area contributed by atoms with Gasteiger partial charge in [0.25, 0.3) is 0 Å². The van der Waals surface area contributed by atoms with Gasteiger partial charge in [-0.2, -0.15) is 0 Å². The third kappa shape index (κ3) is 4.42. The van der Waals surface area contributed by atoms with Gasteiger partial charge < -0.3 is 14.2 Å². The Morgan fingerprint density at radius 1 is 0.462 bits per heavy atom. The fourth-order valence-corrected chi connectivity index (χ4v) is 7.89. The van der Waals surface area contributed by atoms with Gasteiger partial charge in [0.15, 0.2) is 5.84 Å². The minimum Gasteiger partial charge on any atom is -0.455 e. The van der Waals surface area contributed by atoms with E-state index in [2.05, 4.69) is 139 Å². The van der Waals surface area contributed by atoms with Crippen LogP contribution >= 0.6 is 0 Å². The molecule has 1 aliphatic heterocycles. The predicted octanol–water partition coefficient (Wildman–Crippen LogP) is 12.0. The van der Waals surface area contributed by atoms with E-state index in [9.17, 15) is 0 Å². The van der Waals surface area contributed by atoms with Crippen molar-refractivity contribution in [3.8, 4) is 11.1 Å². The Kier molecular flexibility index (Phi) is 6.25. The van der Waals surface area contributed by atoms with E-state index >= 15 is 0 Å². The number of nitrogens with zero attached hydrogens (tertiary/aromatic N) is 2. The highest BCUT2D eigenvalue weighted by atomic mass is 16.3. The SMILES string of the molecule is c1ccc(C2=NC(c3ccc4ccccc4c3)=NC(c3cccc4oc5c(-c6cc7c8ccccc8oc7c7ccccc67)cccc5c34)N2)cc1. The summed E-state index contributed by atoms with van der Waals surface area (Å²) >= 11 is 0. The largest absolute Gasteiger partial charge is 0.455 e. The molecule has 0 aliphatic carbocycles. The van der Waals surface area contributed by atoms with Crippen LogP contribution in [0.5, 0.6) is 0 Å². The third-order valence-corrected chi connectivity index (χ3v) is 10.3. The molecule has 0 saturated heterocycles. The first-order valence-corrected chi connectivity index (χ1v) is 17.5. The van der Waals surface area contributed by atoms with E-state index < -0.39 is 6.17 Å². The van der Waals surface area contributed by atoms with Crippen molar-refractivity contribution in [3.05, 3.63) is 180 Å². The third-order valence-electron chi connectivity index (χ3n) is 10.3. The molecule has 2 aromatic heterocycles. The molecule has 5 nitrogen and oxygen atoms in total. The summed E-state index contributed by atoms with van der Waals surface area (Å²) in [5.74, 6) is 1.47. The normalized spacial score (nSPS) is 14.7. The van der Waals surface area contributed by atoms with Gasteiger partial charge in [-0.25, -0.2) is 9.98 Å². The Morgan fingerprint density at radius 2 is 1.17 bits per heavy atom. The fraction of sp³-hybridized carbons (Fsp3) is 0.0213. The molecule has 1 atom stereocenters. The summed E-state index contributed by atoms with van der Waals surface area (Å²) < 4.78 is 13.3. The van der Waals surface area contributed by atoms with Crippen LogP contribution in [0.3, 0.4) is 0 Å². The van der Waals surface area contributed by atoms with Crippen molar-refractivity contribution in [2.24, 2.45) is 9.98 Å². The van der Waals surface area contributed by atoms with Crippen LogP contribution in [0.2, 0.25) is 0 Å². The van der Waals surface area contributed by atoms with Crippen LogP contribution in [-0.2, 0) is 0 Å². The minimum absolute atomic E-state index is 0.406. The van der Waals surface area contributed by atoms with E-state index in [-0.39, 0.29) is 0 Å². The van der Waals surface area contributed by atoms with Gasteiger partial charge >= 0.3 is 0 Å². The molecule has 0 fully saturated rings. The van der Waals surface area contributed by atoms with Gasteiger partial charge in [0.1, 0.15) is 34.3 Å². The molecule has 0 radical (unpaired) electrons. The summed E-state index contributed by atoms with van der Waals surface area (Å²) in [6.45, 7) is 0. The molecule has 1 aliphatic rings. The zero-order valence-corrected chi connectivity index (χ0v) is 27.9. The number of furan rings is 2. The van der Waals surface area contributed by atoms with Crippen LogP contribution in [0, 0.1) is 0 Å². The van der Waals surface area contributed by atoms with Crippen molar-refractivity contribution in [2.75, 3.05) is 0 Å². The Morgan fingerprint density at radius 3 is 2.08 bits per heavy atom. The molecule has 244 valence electrons. The standard InChI is InChI=1S/C47H29N3O2/c1-2-13-29(14-3-1)45-48-46(31-25-24-28-12-4-5-15-30(28)26-31)50-47(49-45)37-21-11-23-41-42(37)36-20-10-19-35(43(36)52-41)38-27-39-33-17-8-9-22-40(33)51-44(39)34-18-7-6-16-32(34)38/h1-27,47H,(H,48,49,50). The molecule has 52 heavy (non-hydrogen) atoms. The molecule has 0 amide bonds. The molecule has 1 unspecified atom stereocenters. The lowest BCUT2D eigenvalue weighted by Gasteiger charge is -2.24. The van der Waals surface area contributed by atoms with Gasteiger partial charge in [-0.1, -0.05) is 140 Å². The van der Waals surface area contributed by atoms with Gasteiger partial charge in [-0.15, -0.1) is 0 Å². The smallest absolute Gasteiger partial charge is 0.159 e. The molecule has 0 spiro atoms. The van der Waals surface area contributed by atoms with E-state index in [1.165, 1.54) is 5.39 Å². The molecule has 5 heteroatoms. The van der Waals surface area contributed by atoms with E-state index in [4.69, 9.17) is 18.8 Å². The first-order chi connectivity index (χ1) is 25.8. The molecular formula is C47H29N3O2. The summed E-state index contributed by atoms with van der Waals surface area (Å²) in [6, 6.07) is 56.8. The average Bonchev–Trinajstić information content (AvgIpc) is 3.79. The average molecular weight is 668 g/mol. The monoisotopic (exact) mass is 667 g/mol. The molecule has 0 saturated carbocycles. The summed E-state index contributed by atoms with van der Waals surface area (Å²) in [4.78, 5) is 10.4. The molecule has 1 N–H and O–H groups in total. The van der Waals surface area contributed by atoms with Crippen LogP contribution < -0.4 is 5.32 Å². The maximum Gasteiger partial charge on any atom is 0.159 e. The number of fused-ring (bicyclic) bond motifs is 9. The lowest BCUT2D eigenvalue weighted by Crippen LogP contribution is -2.33. The Labute approximate surface area is 298 Å². The summed E-state index contributed by atoms with van der Waals surface area (Å²) in [6.07, 6.45) is -0.406.